The van der Waals surface area contributed by atoms with E-state index in [0.717, 1.165) is 94.1 Å². The molecule has 0 unspecified atom stereocenters. The van der Waals surface area contributed by atoms with E-state index in [9.17, 15) is 38.4 Å². The molecule has 0 atom stereocenters. The van der Waals surface area contributed by atoms with E-state index in [0.29, 0.717) is 93.0 Å². The van der Waals surface area contributed by atoms with Gasteiger partial charge in [0.25, 0.3) is 0 Å². The van der Waals surface area contributed by atoms with Crippen LogP contribution in [0.5, 0.6) is 0 Å². The van der Waals surface area contributed by atoms with Gasteiger partial charge in [0.2, 0.25) is 0 Å². The summed E-state index contributed by atoms with van der Waals surface area (Å²) in [5.41, 5.74) is 0. The van der Waals surface area contributed by atoms with Crippen LogP contribution in [0.1, 0.15) is 55.4 Å². The minimum atomic E-state index is -0.232. The molecule has 6 aromatic rings. The molecule has 0 bridgehead atoms. The van der Waals surface area contributed by atoms with Gasteiger partial charge in [-0.25, -0.2) is 0 Å². The molecule has 0 saturated heterocycles. The van der Waals surface area contributed by atoms with Gasteiger partial charge in [0.1, 0.15) is 0 Å². The van der Waals surface area contributed by atoms with Crippen molar-refractivity contribution in [1.29, 1.82) is 0 Å². The SMILES string of the molecule is CC(=O)Sc1cc2c(cc1SC(C)=O)c1c(SC(C)=O)c(SC(C)=O)cc3c4cc(SC(C)=O)c(SC(C)=O)cc4c4c(SC(C)=O)c(SC(C)=O)cc2c4c31. The molecule has 286 valence electrons. The van der Waals surface area contributed by atoms with Crippen LogP contribution < -0.4 is 0 Å². The number of carbonyl (C=O) groups excluding carboxylic acids is 8. The molecule has 0 amide bonds. The zero-order valence-corrected chi connectivity index (χ0v) is 37.5. The molecule has 0 aromatic heterocycles. The average molecular weight is 895 g/mol. The van der Waals surface area contributed by atoms with Crippen molar-refractivity contribution < 1.29 is 38.4 Å². The van der Waals surface area contributed by atoms with E-state index in [4.69, 9.17) is 0 Å². The summed E-state index contributed by atoms with van der Waals surface area (Å²) in [6, 6.07) is 11.1. The van der Waals surface area contributed by atoms with Crippen LogP contribution in [0.15, 0.2) is 75.6 Å². The molecule has 6 rings (SSSR count). The van der Waals surface area contributed by atoms with Crippen molar-refractivity contribution in [2.24, 2.45) is 0 Å². The van der Waals surface area contributed by atoms with Gasteiger partial charge in [0, 0.05) is 105 Å². The van der Waals surface area contributed by atoms with Crippen molar-refractivity contribution in [2.75, 3.05) is 0 Å². The molecule has 56 heavy (non-hydrogen) atoms. The third-order valence-electron chi connectivity index (χ3n) is 8.04. The highest BCUT2D eigenvalue weighted by molar-refractivity contribution is 8.18. The summed E-state index contributed by atoms with van der Waals surface area (Å²) in [6.45, 7) is 11.5. The molecule has 16 heteroatoms. The Labute approximate surface area is 355 Å². The maximum absolute atomic E-state index is 13.1. The van der Waals surface area contributed by atoms with Gasteiger partial charge in [0.15, 0.2) is 40.9 Å². The van der Waals surface area contributed by atoms with E-state index in [1.165, 1.54) is 55.4 Å². The van der Waals surface area contributed by atoms with E-state index >= 15 is 0 Å². The molecule has 8 nitrogen and oxygen atoms in total. The van der Waals surface area contributed by atoms with Gasteiger partial charge in [-0.3, -0.25) is 38.4 Å². The molecule has 0 fully saturated rings. The van der Waals surface area contributed by atoms with E-state index in [2.05, 4.69) is 0 Å². The number of benzene rings is 6. The largest absolute Gasteiger partial charge is 0.287 e. The Morgan fingerprint density at radius 3 is 0.714 bits per heavy atom. The summed E-state index contributed by atoms with van der Waals surface area (Å²) in [7, 11) is 0. The molecule has 0 aliphatic heterocycles. The first-order chi connectivity index (χ1) is 26.3. The normalized spacial score (nSPS) is 11.6. The van der Waals surface area contributed by atoms with Crippen LogP contribution >= 0.6 is 94.1 Å². The van der Waals surface area contributed by atoms with Crippen molar-refractivity contribution in [3.63, 3.8) is 0 Å². The summed E-state index contributed by atoms with van der Waals surface area (Å²) in [4.78, 5) is 107. The summed E-state index contributed by atoms with van der Waals surface area (Å²) >= 11 is 7.82. The summed E-state index contributed by atoms with van der Waals surface area (Å²) < 4.78 is 0. The van der Waals surface area contributed by atoms with E-state index in [1.807, 2.05) is 36.4 Å². The second-order valence-corrected chi connectivity index (χ2v) is 22.1. The van der Waals surface area contributed by atoms with E-state index < -0.39 is 0 Å². The predicted molar refractivity (Wildman–Crippen MR) is 237 cm³/mol. The Kier molecular flexibility index (Phi) is 13.0. The maximum atomic E-state index is 13.1. The van der Waals surface area contributed by atoms with E-state index in [1.54, 1.807) is 0 Å². The van der Waals surface area contributed by atoms with Gasteiger partial charge in [-0.1, -0.05) is 94.1 Å². The summed E-state index contributed by atoms with van der Waals surface area (Å²) in [6.07, 6.45) is 0. The highest BCUT2D eigenvalue weighted by atomic mass is 32.2. The fourth-order valence-corrected chi connectivity index (χ4v) is 13.1. The van der Waals surface area contributed by atoms with Gasteiger partial charge in [-0.05, 0) is 79.5 Å². The zero-order valence-electron chi connectivity index (χ0n) is 31.0. The highest BCUT2D eigenvalue weighted by Gasteiger charge is 2.29. The van der Waals surface area contributed by atoms with Crippen LogP contribution in [-0.2, 0) is 38.4 Å². The first-order valence-corrected chi connectivity index (χ1v) is 23.1. The van der Waals surface area contributed by atoms with Gasteiger partial charge in [-0.2, -0.15) is 0 Å². The number of hydrogen-bond donors (Lipinski definition) is 0. The van der Waals surface area contributed by atoms with Crippen molar-refractivity contribution in [2.45, 2.75) is 94.6 Å². The average Bonchev–Trinajstić information content (AvgIpc) is 3.05. The second kappa shape index (κ2) is 17.1. The first kappa shape index (κ1) is 42.6. The smallest absolute Gasteiger partial charge is 0.190 e. The lowest BCUT2D eigenvalue weighted by Gasteiger charge is -2.24. The monoisotopic (exact) mass is 894 g/mol. The Balaban J connectivity index is 2.07. The molecule has 0 saturated carbocycles. The highest BCUT2D eigenvalue weighted by Crippen LogP contribution is 2.56. The third kappa shape index (κ3) is 8.72. The second-order valence-electron chi connectivity index (χ2n) is 12.4. The zero-order chi connectivity index (χ0) is 40.9. The van der Waals surface area contributed by atoms with Crippen LogP contribution in [0.25, 0.3) is 53.9 Å². The van der Waals surface area contributed by atoms with Gasteiger partial charge in [-0.15, -0.1) is 0 Å². The minimum Gasteiger partial charge on any atom is -0.287 e. The Bertz CT molecular complexity index is 2600. The van der Waals surface area contributed by atoms with Crippen LogP contribution in [0.3, 0.4) is 0 Å². The molecule has 0 aliphatic carbocycles. The number of rotatable bonds is 8. The molecule has 0 N–H and O–H groups in total. The lowest BCUT2D eigenvalue weighted by atomic mass is 9.86. The fourth-order valence-electron chi connectivity index (χ4n) is 6.61. The van der Waals surface area contributed by atoms with Crippen LogP contribution in [-0.4, -0.2) is 40.9 Å². The van der Waals surface area contributed by atoms with Crippen LogP contribution in [0, 0.1) is 0 Å². The van der Waals surface area contributed by atoms with Gasteiger partial charge < -0.3 is 0 Å². The lowest BCUT2D eigenvalue weighted by Crippen LogP contribution is -2.00. The molecular formula is C40H30O8S8. The quantitative estimate of drug-likeness (QED) is 0.0813. The lowest BCUT2D eigenvalue weighted by molar-refractivity contribution is -0.110. The van der Waals surface area contributed by atoms with Crippen molar-refractivity contribution in [3.05, 3.63) is 36.4 Å². The third-order valence-corrected chi connectivity index (χ3v) is 15.4. The van der Waals surface area contributed by atoms with Crippen LogP contribution in [0.2, 0.25) is 0 Å². The van der Waals surface area contributed by atoms with Gasteiger partial charge in [0.05, 0.1) is 0 Å². The predicted octanol–water partition coefficient (Wildman–Crippen LogP) is 12.0. The molecule has 0 spiro atoms. The molecule has 0 aliphatic rings. The number of hydrogen-bond acceptors (Lipinski definition) is 16. The maximum Gasteiger partial charge on any atom is 0.190 e. The topological polar surface area (TPSA) is 137 Å². The Morgan fingerprint density at radius 1 is 0.268 bits per heavy atom. The van der Waals surface area contributed by atoms with Crippen molar-refractivity contribution in [1.82, 2.24) is 0 Å². The Morgan fingerprint density at radius 2 is 0.464 bits per heavy atom. The number of carbonyl (C=O) groups is 8. The first-order valence-electron chi connectivity index (χ1n) is 16.6. The summed E-state index contributed by atoms with van der Waals surface area (Å²) in [5, 5.41) is 4.90. The molecule has 0 radical (unpaired) electrons. The van der Waals surface area contributed by atoms with Crippen LogP contribution in [0.4, 0.5) is 0 Å². The number of fused-ring (bicyclic) bond motifs is 6. The molecular weight excluding hydrogens is 865 g/mol. The Hall–Kier alpha value is -2.96. The van der Waals surface area contributed by atoms with Gasteiger partial charge >= 0.3 is 0 Å². The fraction of sp³-hybridized carbons (Fsp3) is 0.200. The molecule has 6 aromatic carbocycles. The van der Waals surface area contributed by atoms with Crippen molar-refractivity contribution >= 4 is 189 Å². The van der Waals surface area contributed by atoms with E-state index in [-0.39, 0.29) is 40.9 Å². The summed E-state index contributed by atoms with van der Waals surface area (Å²) in [5.74, 6) is 0. The number of thioether (sulfide) groups is 8. The van der Waals surface area contributed by atoms with Crippen molar-refractivity contribution in [3.8, 4) is 0 Å². The molecule has 0 heterocycles. The standard InChI is InChI=1S/C40H30O8S8/c1-15(41)49-29-9-23-25-13-33(53-19(5)45)40(56-22(8)48)38-28-12-32(52-18(4)44)30(50-16(2)42)10-24(28)26-14-34(54-20(6)46)39(55-21(7)47)37(36(26)35(25)38)27(23)11-31(29)51-17(3)43/h9-14H,1-8H3. The minimum absolute atomic E-state index is 0.200.